The molecule has 5 nitrogen and oxygen atoms in total. The van der Waals surface area contributed by atoms with Crippen molar-refractivity contribution in [2.45, 2.75) is 39.2 Å². The minimum atomic E-state index is 0.102. The maximum absolute atomic E-state index is 12.3. The van der Waals surface area contributed by atoms with E-state index >= 15 is 0 Å². The first-order valence-corrected chi connectivity index (χ1v) is 8.66. The Bertz CT molecular complexity index is 679. The average molecular weight is 314 g/mol. The number of fused-ring (bicyclic) bond motifs is 1. The lowest BCUT2D eigenvalue weighted by Crippen LogP contribution is -2.36. The molecule has 0 spiro atoms. The number of amides is 1. The molecule has 23 heavy (non-hydrogen) atoms. The number of benzene rings is 1. The number of aromatic nitrogens is 2. The molecule has 1 saturated carbocycles. The Balaban J connectivity index is 1.61. The molecule has 2 aromatic rings. The van der Waals surface area contributed by atoms with E-state index < -0.39 is 0 Å². The van der Waals surface area contributed by atoms with Crippen molar-refractivity contribution >= 4 is 16.9 Å². The predicted octanol–water partition coefficient (Wildman–Crippen LogP) is 2.09. The summed E-state index contributed by atoms with van der Waals surface area (Å²) < 4.78 is 2.22. The number of hydrogen-bond donors (Lipinski definition) is 2. The molecule has 0 unspecified atom stereocenters. The van der Waals surface area contributed by atoms with E-state index in [2.05, 4.69) is 22.9 Å². The fourth-order valence-corrected chi connectivity index (χ4v) is 3.76. The van der Waals surface area contributed by atoms with Crippen LogP contribution in [0.15, 0.2) is 24.3 Å². The van der Waals surface area contributed by atoms with Crippen molar-refractivity contribution in [1.29, 1.82) is 0 Å². The van der Waals surface area contributed by atoms with Gasteiger partial charge in [0.15, 0.2) is 0 Å². The molecule has 2 atom stereocenters. The van der Waals surface area contributed by atoms with Gasteiger partial charge in [-0.05, 0) is 44.4 Å². The summed E-state index contributed by atoms with van der Waals surface area (Å²) in [6.07, 6.45) is 3.93. The van der Waals surface area contributed by atoms with Crippen LogP contribution >= 0.6 is 0 Å². The molecule has 5 heteroatoms. The van der Waals surface area contributed by atoms with E-state index in [-0.39, 0.29) is 11.8 Å². The quantitative estimate of drug-likeness (QED) is 0.857. The van der Waals surface area contributed by atoms with E-state index in [0.29, 0.717) is 19.0 Å². The van der Waals surface area contributed by atoms with Crippen LogP contribution in [0.25, 0.3) is 11.0 Å². The largest absolute Gasteiger partial charge is 0.355 e. The van der Waals surface area contributed by atoms with E-state index in [1.807, 2.05) is 18.2 Å². The second-order valence-corrected chi connectivity index (χ2v) is 6.34. The topological polar surface area (TPSA) is 72.9 Å². The van der Waals surface area contributed by atoms with Crippen LogP contribution in [0.4, 0.5) is 0 Å². The van der Waals surface area contributed by atoms with Crippen LogP contribution in [0.1, 0.15) is 32.0 Å². The Kier molecular flexibility index (Phi) is 4.96. The van der Waals surface area contributed by atoms with Gasteiger partial charge in [-0.3, -0.25) is 4.79 Å². The van der Waals surface area contributed by atoms with E-state index in [0.717, 1.165) is 49.1 Å². The highest BCUT2D eigenvalue weighted by Crippen LogP contribution is 2.30. The first kappa shape index (κ1) is 16.0. The van der Waals surface area contributed by atoms with E-state index in [1.54, 1.807) is 0 Å². The summed E-state index contributed by atoms with van der Waals surface area (Å²) in [7, 11) is 0. The van der Waals surface area contributed by atoms with Crippen LogP contribution in [0.5, 0.6) is 0 Å². The van der Waals surface area contributed by atoms with Gasteiger partial charge in [-0.25, -0.2) is 4.98 Å². The average Bonchev–Trinajstić information content (AvgIpc) is 3.18. The summed E-state index contributed by atoms with van der Waals surface area (Å²) in [4.78, 5) is 17.0. The normalized spacial score (nSPS) is 21.0. The zero-order valence-electron chi connectivity index (χ0n) is 13.8. The third-order valence-corrected chi connectivity index (χ3v) is 5.00. The second kappa shape index (κ2) is 7.13. The third-order valence-electron chi connectivity index (χ3n) is 5.00. The van der Waals surface area contributed by atoms with Crippen molar-refractivity contribution < 1.29 is 4.79 Å². The van der Waals surface area contributed by atoms with Gasteiger partial charge in [-0.1, -0.05) is 18.6 Å². The highest BCUT2D eigenvalue weighted by molar-refractivity contribution is 5.79. The van der Waals surface area contributed by atoms with Gasteiger partial charge in [0, 0.05) is 25.4 Å². The van der Waals surface area contributed by atoms with Crippen molar-refractivity contribution in [2.24, 2.45) is 17.6 Å². The minimum Gasteiger partial charge on any atom is -0.355 e. The van der Waals surface area contributed by atoms with Crippen molar-refractivity contribution in [2.75, 3.05) is 13.1 Å². The maximum atomic E-state index is 12.3. The van der Waals surface area contributed by atoms with Crippen molar-refractivity contribution in [3.63, 3.8) is 0 Å². The molecule has 0 bridgehead atoms. The van der Waals surface area contributed by atoms with Crippen LogP contribution < -0.4 is 11.1 Å². The Morgan fingerprint density at radius 2 is 2.22 bits per heavy atom. The van der Waals surface area contributed by atoms with Crippen molar-refractivity contribution in [1.82, 2.24) is 14.9 Å². The maximum Gasteiger partial charge on any atom is 0.223 e. The van der Waals surface area contributed by atoms with Gasteiger partial charge < -0.3 is 15.6 Å². The molecule has 3 N–H and O–H groups in total. The van der Waals surface area contributed by atoms with Crippen LogP contribution in [-0.2, 0) is 17.8 Å². The molecule has 124 valence electrons. The molecule has 1 aromatic heterocycles. The zero-order chi connectivity index (χ0) is 16.2. The molecule has 3 rings (SSSR count). The summed E-state index contributed by atoms with van der Waals surface area (Å²) in [6, 6.07) is 8.18. The zero-order valence-corrected chi connectivity index (χ0v) is 13.8. The number of rotatable bonds is 6. The summed E-state index contributed by atoms with van der Waals surface area (Å²) in [6.45, 7) is 4.27. The SMILES string of the molecule is CCn1c(CCNC(=O)[C@@H]2CCC[C@@H]2CN)nc2ccccc21. The number of carbonyl (C=O) groups is 1. The van der Waals surface area contributed by atoms with Gasteiger partial charge in [0.25, 0.3) is 0 Å². The van der Waals surface area contributed by atoms with Crippen LogP contribution in [0, 0.1) is 11.8 Å². The number of hydrogen-bond acceptors (Lipinski definition) is 3. The molecule has 1 aromatic carbocycles. The molecule has 0 radical (unpaired) electrons. The standard InChI is InChI=1S/C18H26N4O/c1-2-22-16-9-4-3-8-15(16)21-17(22)10-11-20-18(23)14-7-5-6-13(14)12-19/h3-4,8-9,13-14H,2,5-7,10-12,19H2,1H3,(H,20,23)/t13-,14-/m1/s1. The molecule has 1 aliphatic rings. The molecular weight excluding hydrogens is 288 g/mol. The smallest absolute Gasteiger partial charge is 0.223 e. The van der Waals surface area contributed by atoms with Crippen LogP contribution in [0.2, 0.25) is 0 Å². The van der Waals surface area contributed by atoms with Crippen molar-refractivity contribution in [3.8, 4) is 0 Å². The number of carbonyl (C=O) groups excluding carboxylic acids is 1. The molecule has 1 heterocycles. The monoisotopic (exact) mass is 314 g/mol. The third kappa shape index (κ3) is 3.24. The number of nitrogens with zero attached hydrogens (tertiary/aromatic N) is 2. The molecule has 1 aliphatic carbocycles. The number of nitrogens with two attached hydrogens (primary N) is 1. The van der Waals surface area contributed by atoms with Crippen molar-refractivity contribution in [3.05, 3.63) is 30.1 Å². The molecular formula is C18H26N4O. The van der Waals surface area contributed by atoms with E-state index in [9.17, 15) is 4.79 Å². The van der Waals surface area contributed by atoms with Gasteiger partial charge in [-0.15, -0.1) is 0 Å². The number of imidazole rings is 1. The minimum absolute atomic E-state index is 0.102. The highest BCUT2D eigenvalue weighted by Gasteiger charge is 2.31. The Morgan fingerprint density at radius 3 is 3.00 bits per heavy atom. The predicted molar refractivity (Wildman–Crippen MR) is 92.0 cm³/mol. The fraction of sp³-hybridized carbons (Fsp3) is 0.556. The van der Waals surface area contributed by atoms with E-state index in [4.69, 9.17) is 10.7 Å². The molecule has 0 saturated heterocycles. The van der Waals surface area contributed by atoms with Gasteiger partial charge in [0.2, 0.25) is 5.91 Å². The summed E-state index contributed by atoms with van der Waals surface area (Å²) in [5, 5.41) is 3.09. The summed E-state index contributed by atoms with van der Waals surface area (Å²) in [5.41, 5.74) is 7.95. The highest BCUT2D eigenvalue weighted by atomic mass is 16.1. The first-order chi connectivity index (χ1) is 11.2. The van der Waals surface area contributed by atoms with Crippen LogP contribution in [0.3, 0.4) is 0 Å². The molecule has 0 aliphatic heterocycles. The Morgan fingerprint density at radius 1 is 1.39 bits per heavy atom. The molecule has 1 amide bonds. The first-order valence-electron chi connectivity index (χ1n) is 8.66. The number of nitrogens with one attached hydrogen (secondary N) is 1. The fourth-order valence-electron chi connectivity index (χ4n) is 3.76. The summed E-state index contributed by atoms with van der Waals surface area (Å²) in [5.74, 6) is 1.66. The second-order valence-electron chi connectivity index (χ2n) is 6.34. The van der Waals surface area contributed by atoms with Gasteiger partial charge in [-0.2, -0.15) is 0 Å². The lowest BCUT2D eigenvalue weighted by Gasteiger charge is -2.17. The summed E-state index contributed by atoms with van der Waals surface area (Å²) >= 11 is 0. The molecule has 1 fully saturated rings. The number of para-hydroxylation sites is 2. The number of aryl methyl sites for hydroxylation is 1. The Hall–Kier alpha value is -1.88. The lowest BCUT2D eigenvalue weighted by molar-refractivity contribution is -0.125. The lowest BCUT2D eigenvalue weighted by atomic mass is 9.95. The van der Waals surface area contributed by atoms with E-state index in [1.165, 1.54) is 0 Å². The van der Waals surface area contributed by atoms with Crippen LogP contribution in [-0.4, -0.2) is 28.5 Å². The Labute approximate surface area is 137 Å². The van der Waals surface area contributed by atoms with Gasteiger partial charge >= 0.3 is 0 Å². The van der Waals surface area contributed by atoms with Gasteiger partial charge in [0.1, 0.15) is 5.82 Å². The van der Waals surface area contributed by atoms with Gasteiger partial charge in [0.05, 0.1) is 11.0 Å².